The van der Waals surface area contributed by atoms with E-state index in [1.165, 1.54) is 22.9 Å². The summed E-state index contributed by atoms with van der Waals surface area (Å²) in [5.41, 5.74) is 3.52. The molecular weight excluding hydrogens is 444 g/mol. The minimum Gasteiger partial charge on any atom is -0.385 e. The van der Waals surface area contributed by atoms with Gasteiger partial charge in [-0.25, -0.2) is 0 Å². The van der Waals surface area contributed by atoms with E-state index in [4.69, 9.17) is 16.3 Å². The van der Waals surface area contributed by atoms with E-state index >= 15 is 0 Å². The average Bonchev–Trinajstić information content (AvgIpc) is 3.21. The van der Waals surface area contributed by atoms with Crippen LogP contribution in [-0.2, 0) is 22.5 Å². The molecule has 0 radical (unpaired) electrons. The summed E-state index contributed by atoms with van der Waals surface area (Å²) in [6.45, 7) is 1.35. The van der Waals surface area contributed by atoms with E-state index in [9.17, 15) is 4.79 Å². The Morgan fingerprint density at radius 1 is 1.22 bits per heavy atom. The largest absolute Gasteiger partial charge is 0.385 e. The van der Waals surface area contributed by atoms with Gasteiger partial charge in [0.15, 0.2) is 11.0 Å². The smallest absolute Gasteiger partial charge is 0.230 e. The lowest BCUT2D eigenvalue weighted by Gasteiger charge is -2.26. The van der Waals surface area contributed by atoms with Crippen molar-refractivity contribution in [3.05, 3.63) is 64.7 Å². The van der Waals surface area contributed by atoms with E-state index in [0.717, 1.165) is 42.2 Å². The fraction of sp³-hybridized carbons (Fsp3) is 0.375. The van der Waals surface area contributed by atoms with Crippen LogP contribution in [0.1, 0.15) is 36.4 Å². The molecule has 1 aliphatic carbocycles. The number of benzene rings is 2. The molecular formula is C24H27ClN4O2S. The minimum absolute atomic E-state index is 0.0104. The van der Waals surface area contributed by atoms with Gasteiger partial charge in [0.1, 0.15) is 0 Å². The van der Waals surface area contributed by atoms with Gasteiger partial charge in [-0.3, -0.25) is 4.79 Å². The first-order chi connectivity index (χ1) is 15.7. The lowest BCUT2D eigenvalue weighted by atomic mass is 9.88. The molecule has 6 nitrogen and oxygen atoms in total. The first kappa shape index (κ1) is 22.8. The van der Waals surface area contributed by atoms with Crippen molar-refractivity contribution in [2.75, 3.05) is 19.5 Å². The second-order valence-corrected chi connectivity index (χ2v) is 9.19. The molecule has 0 aliphatic heterocycles. The number of methoxy groups -OCH3 is 1. The number of rotatable bonds is 9. The summed E-state index contributed by atoms with van der Waals surface area (Å²) < 4.78 is 7.26. The molecule has 1 amide bonds. The van der Waals surface area contributed by atoms with Crippen LogP contribution in [0.2, 0.25) is 5.02 Å². The van der Waals surface area contributed by atoms with E-state index in [1.807, 2.05) is 30.3 Å². The van der Waals surface area contributed by atoms with E-state index in [1.54, 1.807) is 7.11 Å². The zero-order valence-electron chi connectivity index (χ0n) is 18.1. The Balaban J connectivity index is 1.44. The molecule has 2 aromatic carbocycles. The van der Waals surface area contributed by atoms with Crippen molar-refractivity contribution < 1.29 is 9.53 Å². The van der Waals surface area contributed by atoms with Crippen molar-refractivity contribution in [3.8, 4) is 11.4 Å². The molecule has 3 aromatic rings. The molecule has 8 heteroatoms. The van der Waals surface area contributed by atoms with Gasteiger partial charge in [0.05, 0.1) is 11.8 Å². The molecule has 1 N–H and O–H groups in total. The second-order valence-electron chi connectivity index (χ2n) is 7.81. The molecule has 32 heavy (non-hydrogen) atoms. The second kappa shape index (κ2) is 11.0. The number of halogens is 1. The number of amides is 1. The number of thioether (sulfide) groups is 1. The Morgan fingerprint density at radius 3 is 2.84 bits per heavy atom. The van der Waals surface area contributed by atoms with Crippen LogP contribution in [-0.4, -0.2) is 40.1 Å². The number of hydrogen-bond donors (Lipinski definition) is 1. The van der Waals surface area contributed by atoms with Crippen molar-refractivity contribution in [3.63, 3.8) is 0 Å². The van der Waals surface area contributed by atoms with Crippen LogP contribution >= 0.6 is 23.4 Å². The maximum atomic E-state index is 12.8. The number of aromatic nitrogens is 3. The molecule has 1 aliphatic rings. The van der Waals surface area contributed by atoms with Gasteiger partial charge in [0.2, 0.25) is 5.91 Å². The number of hydrogen-bond acceptors (Lipinski definition) is 5. The number of aryl methyl sites for hydroxylation is 1. The third kappa shape index (κ3) is 5.52. The molecule has 0 spiro atoms. The standard InChI is InChI=1S/C24H27ClN4O2S/c1-31-15-5-14-29-23(18-10-12-19(25)13-11-18)27-28-24(29)32-16-22(30)26-21-9-4-7-17-6-2-3-8-20(17)21/h2-3,6,8,10-13,21H,4-5,7,9,14-16H2,1H3,(H,26,30)/t21-/m1/s1. The topological polar surface area (TPSA) is 69.0 Å². The number of fused-ring (bicyclic) bond motifs is 1. The first-order valence-electron chi connectivity index (χ1n) is 10.8. The molecule has 0 unspecified atom stereocenters. The lowest BCUT2D eigenvalue weighted by molar-refractivity contribution is -0.119. The summed E-state index contributed by atoms with van der Waals surface area (Å²) in [5, 5.41) is 13.4. The third-order valence-electron chi connectivity index (χ3n) is 5.59. The zero-order valence-corrected chi connectivity index (χ0v) is 19.7. The number of nitrogens with zero attached hydrogens (tertiary/aromatic N) is 3. The predicted molar refractivity (Wildman–Crippen MR) is 128 cm³/mol. The van der Waals surface area contributed by atoms with E-state index in [-0.39, 0.29) is 11.9 Å². The molecule has 4 rings (SSSR count). The number of nitrogens with one attached hydrogen (secondary N) is 1. The van der Waals surface area contributed by atoms with Gasteiger partial charge in [-0.15, -0.1) is 10.2 Å². The zero-order chi connectivity index (χ0) is 22.3. The Morgan fingerprint density at radius 2 is 2.03 bits per heavy atom. The molecule has 0 saturated carbocycles. The van der Waals surface area contributed by atoms with Crippen molar-refractivity contribution in [1.82, 2.24) is 20.1 Å². The van der Waals surface area contributed by atoms with Gasteiger partial charge < -0.3 is 14.6 Å². The van der Waals surface area contributed by atoms with Crippen molar-refractivity contribution >= 4 is 29.3 Å². The predicted octanol–water partition coefficient (Wildman–Crippen LogP) is 4.92. The Labute approximate surface area is 197 Å². The summed E-state index contributed by atoms with van der Waals surface area (Å²) in [5.74, 6) is 1.07. The quantitative estimate of drug-likeness (QED) is 0.355. The monoisotopic (exact) mass is 470 g/mol. The van der Waals surface area contributed by atoms with Crippen molar-refractivity contribution in [2.24, 2.45) is 0 Å². The van der Waals surface area contributed by atoms with Gasteiger partial charge in [0.25, 0.3) is 0 Å². The van der Waals surface area contributed by atoms with Crippen LogP contribution in [0.25, 0.3) is 11.4 Å². The summed E-state index contributed by atoms with van der Waals surface area (Å²) in [6.07, 6.45) is 3.97. The van der Waals surface area contributed by atoms with E-state index in [0.29, 0.717) is 23.9 Å². The van der Waals surface area contributed by atoms with Crippen LogP contribution in [0.4, 0.5) is 0 Å². The average molecular weight is 471 g/mol. The summed E-state index contributed by atoms with van der Waals surface area (Å²) in [6, 6.07) is 16.0. The third-order valence-corrected chi connectivity index (χ3v) is 6.81. The lowest BCUT2D eigenvalue weighted by Crippen LogP contribution is -2.32. The maximum absolute atomic E-state index is 12.8. The van der Waals surface area contributed by atoms with Gasteiger partial charge in [-0.1, -0.05) is 47.6 Å². The number of carbonyl (C=O) groups excluding carboxylic acids is 1. The van der Waals surface area contributed by atoms with E-state index in [2.05, 4.69) is 38.3 Å². The van der Waals surface area contributed by atoms with Crippen LogP contribution < -0.4 is 5.32 Å². The fourth-order valence-electron chi connectivity index (χ4n) is 4.05. The van der Waals surface area contributed by atoms with Gasteiger partial charge >= 0.3 is 0 Å². The maximum Gasteiger partial charge on any atom is 0.230 e. The van der Waals surface area contributed by atoms with E-state index < -0.39 is 0 Å². The van der Waals surface area contributed by atoms with Crippen molar-refractivity contribution in [1.29, 1.82) is 0 Å². The highest BCUT2D eigenvalue weighted by atomic mass is 35.5. The van der Waals surface area contributed by atoms with Crippen LogP contribution in [0.5, 0.6) is 0 Å². The van der Waals surface area contributed by atoms with Gasteiger partial charge in [-0.05, 0) is 61.1 Å². The first-order valence-corrected chi connectivity index (χ1v) is 12.2. The fourth-order valence-corrected chi connectivity index (χ4v) is 4.95. The van der Waals surface area contributed by atoms with Crippen LogP contribution in [0.3, 0.4) is 0 Å². The van der Waals surface area contributed by atoms with Crippen LogP contribution in [0.15, 0.2) is 53.7 Å². The van der Waals surface area contributed by atoms with Gasteiger partial charge in [0, 0.05) is 30.8 Å². The summed E-state index contributed by atoms with van der Waals surface area (Å²) in [7, 11) is 1.69. The Hall–Kier alpha value is -2.35. The highest BCUT2D eigenvalue weighted by Gasteiger charge is 2.22. The molecule has 0 saturated heterocycles. The Bertz CT molecular complexity index is 1050. The summed E-state index contributed by atoms with van der Waals surface area (Å²) >= 11 is 7.45. The molecule has 0 bridgehead atoms. The molecule has 1 heterocycles. The molecule has 168 valence electrons. The molecule has 0 fully saturated rings. The highest BCUT2D eigenvalue weighted by molar-refractivity contribution is 7.99. The van der Waals surface area contributed by atoms with Crippen LogP contribution in [0, 0.1) is 0 Å². The Kier molecular flexibility index (Phi) is 7.84. The number of carbonyl (C=O) groups is 1. The number of ether oxygens (including phenoxy) is 1. The molecule has 1 atom stereocenters. The highest BCUT2D eigenvalue weighted by Crippen LogP contribution is 2.30. The minimum atomic E-state index is 0.0104. The van der Waals surface area contributed by atoms with Crippen molar-refractivity contribution in [2.45, 2.75) is 43.4 Å². The SMILES string of the molecule is COCCCn1c(SCC(=O)N[C@@H]2CCCc3ccccc32)nnc1-c1ccc(Cl)cc1. The van der Waals surface area contributed by atoms with Gasteiger partial charge in [-0.2, -0.15) is 0 Å². The normalized spacial score (nSPS) is 15.4. The molecule has 1 aromatic heterocycles. The summed E-state index contributed by atoms with van der Waals surface area (Å²) in [4.78, 5) is 12.8.